The van der Waals surface area contributed by atoms with Gasteiger partial charge in [-0.25, -0.2) is 0 Å². The monoisotopic (exact) mass is 938 g/mol. The van der Waals surface area contributed by atoms with Gasteiger partial charge in [-0.2, -0.15) is 0 Å². The van der Waals surface area contributed by atoms with Gasteiger partial charge in [-0.15, -0.1) is 42.0 Å². The number of aromatic nitrogens is 4. The Balaban J connectivity index is 0.000000234. The van der Waals surface area contributed by atoms with Gasteiger partial charge in [-0.1, -0.05) is 141 Å². The predicted molar refractivity (Wildman–Crippen MR) is 229 cm³/mol. The van der Waals surface area contributed by atoms with E-state index in [2.05, 4.69) is 133 Å². The molecule has 0 saturated heterocycles. The third-order valence-corrected chi connectivity index (χ3v) is 10.2. The van der Waals surface area contributed by atoms with Gasteiger partial charge < -0.3 is 14.0 Å². The molecule has 4 aromatic heterocycles. The van der Waals surface area contributed by atoms with E-state index in [-0.39, 0.29) is 42.1 Å². The number of pyridine rings is 2. The first-order chi connectivity index (χ1) is 27.8. The molecule has 5 nitrogen and oxygen atoms in total. The molecular weight excluding hydrogens is 884 g/mol. The van der Waals surface area contributed by atoms with Gasteiger partial charge in [0.15, 0.2) is 0 Å². The summed E-state index contributed by atoms with van der Waals surface area (Å²) in [5, 5.41) is 2.17. The largest absolute Gasteiger partial charge is 0.501 e. The topological polar surface area (TPSA) is 56.7 Å². The smallest absolute Gasteiger partial charge is 0.120 e. The fraction of sp³-hybridized carbons (Fsp3) is 0.300. The number of fused-ring (bicyclic) bond motifs is 4. The van der Waals surface area contributed by atoms with E-state index in [1.54, 1.807) is 12.3 Å². The van der Waals surface area contributed by atoms with Crippen LogP contribution in [0.2, 0.25) is 0 Å². The summed E-state index contributed by atoms with van der Waals surface area (Å²) in [4.78, 5) is 14.4. The van der Waals surface area contributed by atoms with Gasteiger partial charge in [0.2, 0.25) is 0 Å². The first-order valence-corrected chi connectivity index (χ1v) is 19.3. The Bertz CT molecular complexity index is 2780. The Kier molecular flexibility index (Phi) is 10.6. The summed E-state index contributed by atoms with van der Waals surface area (Å²) in [5.74, 6) is 0.880. The summed E-state index contributed by atoms with van der Waals surface area (Å²) < 4.78 is 44.7. The third-order valence-electron chi connectivity index (χ3n) is 10.2. The molecule has 4 aromatic carbocycles. The van der Waals surface area contributed by atoms with Crippen molar-refractivity contribution in [3.63, 3.8) is 0 Å². The number of hydrogen-bond acceptors (Lipinski definition) is 4. The molecule has 0 atom stereocenters. The van der Waals surface area contributed by atoms with Crippen molar-refractivity contribution in [2.45, 2.75) is 98.8 Å². The third kappa shape index (κ3) is 8.10. The molecular formula is C50H51FIrN4O-2. The molecule has 0 spiro atoms. The Morgan fingerprint density at radius 1 is 0.789 bits per heavy atom. The maximum atomic E-state index is 14.1. The predicted octanol–water partition coefficient (Wildman–Crippen LogP) is 13.6. The second-order valence-corrected chi connectivity index (χ2v) is 17.1. The molecule has 57 heavy (non-hydrogen) atoms. The second-order valence-electron chi connectivity index (χ2n) is 17.1. The molecule has 0 bridgehead atoms. The molecule has 8 aromatic rings. The Morgan fingerprint density at radius 2 is 1.51 bits per heavy atom. The summed E-state index contributed by atoms with van der Waals surface area (Å²) in [6.45, 7) is 19.5. The summed E-state index contributed by atoms with van der Waals surface area (Å²) in [5.41, 5.74) is 10.7. The number of imidazole rings is 1. The maximum absolute atomic E-state index is 14.1. The summed E-state index contributed by atoms with van der Waals surface area (Å²) in [6, 6.07) is 33.2. The van der Waals surface area contributed by atoms with Crippen LogP contribution in [0.25, 0.3) is 61.3 Å². The number of para-hydroxylation sites is 2. The summed E-state index contributed by atoms with van der Waals surface area (Å²) in [6.07, 6.45) is 3.63. The van der Waals surface area contributed by atoms with E-state index in [9.17, 15) is 4.39 Å². The van der Waals surface area contributed by atoms with Crippen LogP contribution >= 0.6 is 0 Å². The number of nitrogens with zero attached hydrogens (tertiary/aromatic N) is 4. The van der Waals surface area contributed by atoms with Gasteiger partial charge in [-0.05, 0) is 51.8 Å². The summed E-state index contributed by atoms with van der Waals surface area (Å²) in [7, 11) is 0. The van der Waals surface area contributed by atoms with Crippen molar-refractivity contribution >= 4 is 33.0 Å². The van der Waals surface area contributed by atoms with E-state index in [0.717, 1.165) is 61.7 Å². The minimum Gasteiger partial charge on any atom is -0.501 e. The number of halogens is 1. The van der Waals surface area contributed by atoms with Crippen LogP contribution in [-0.2, 0) is 30.9 Å². The van der Waals surface area contributed by atoms with Crippen LogP contribution in [0.5, 0.6) is 0 Å². The Hall–Kier alpha value is -4.97. The Labute approximate surface area is 354 Å². The van der Waals surface area contributed by atoms with Crippen molar-refractivity contribution < 1.29 is 33.0 Å². The minimum atomic E-state index is -2.33. The molecule has 0 aliphatic rings. The molecule has 0 saturated carbocycles. The Morgan fingerprint density at radius 3 is 2.12 bits per heavy atom. The van der Waals surface area contributed by atoms with E-state index in [1.165, 1.54) is 22.9 Å². The van der Waals surface area contributed by atoms with Crippen LogP contribution in [0.15, 0.2) is 102 Å². The molecule has 0 aliphatic heterocycles. The van der Waals surface area contributed by atoms with Gasteiger partial charge in [0.05, 0.1) is 28.1 Å². The number of aryl methyl sites for hydroxylation is 1. The van der Waals surface area contributed by atoms with E-state index in [0.29, 0.717) is 17.5 Å². The first kappa shape index (κ1) is 37.6. The average Bonchev–Trinajstić information content (AvgIpc) is 3.75. The number of benzene rings is 4. The fourth-order valence-corrected chi connectivity index (χ4v) is 7.22. The number of furan rings is 1. The second kappa shape index (κ2) is 16.1. The quantitative estimate of drug-likeness (QED) is 0.161. The zero-order valence-electron chi connectivity index (χ0n) is 37.3. The standard InChI is InChI=1S/C34H34N3O.C16H17FN.Ir/c1-20(2)22-13-10-14-23(21(3)4)30(22)37-27-18-19-35-32(34(5,6)7)29(27)36-33(37)26-16-11-15-25-24-12-8-9-17-28(24)38-31(25)26;1-11-5-7-13(14(17)9-11)15-8-6-12(10-18-15)16(2,3)4;/h8-15,17-21H,1-7H3;5-6,8-10H,1-4H3;/q2*-1;/i;1D3;. The van der Waals surface area contributed by atoms with Crippen molar-refractivity contribution in [1.29, 1.82) is 0 Å². The van der Waals surface area contributed by atoms with Crippen LogP contribution in [-0.4, -0.2) is 19.5 Å². The zero-order chi connectivity index (χ0) is 42.6. The molecule has 0 aliphatic carbocycles. The van der Waals surface area contributed by atoms with Crippen molar-refractivity contribution in [3.8, 4) is 28.3 Å². The van der Waals surface area contributed by atoms with E-state index >= 15 is 0 Å². The summed E-state index contributed by atoms with van der Waals surface area (Å²) >= 11 is 0. The maximum Gasteiger partial charge on any atom is 0.120 e. The van der Waals surface area contributed by atoms with Crippen LogP contribution in [0, 0.1) is 24.8 Å². The van der Waals surface area contributed by atoms with Gasteiger partial charge in [0, 0.05) is 58.9 Å². The van der Waals surface area contributed by atoms with Gasteiger partial charge in [0.25, 0.3) is 0 Å². The zero-order valence-corrected chi connectivity index (χ0v) is 36.7. The van der Waals surface area contributed by atoms with Gasteiger partial charge >= 0.3 is 0 Å². The van der Waals surface area contributed by atoms with Crippen LogP contribution < -0.4 is 0 Å². The molecule has 0 N–H and O–H groups in total. The van der Waals surface area contributed by atoms with Crippen LogP contribution in [0.4, 0.5) is 4.39 Å². The van der Waals surface area contributed by atoms with Crippen LogP contribution in [0.3, 0.4) is 0 Å². The molecule has 0 fully saturated rings. The minimum absolute atomic E-state index is 0. The van der Waals surface area contributed by atoms with Crippen molar-refractivity contribution in [3.05, 3.63) is 143 Å². The van der Waals surface area contributed by atoms with E-state index in [4.69, 9.17) is 18.5 Å². The molecule has 0 unspecified atom stereocenters. The molecule has 8 rings (SSSR count). The van der Waals surface area contributed by atoms with Crippen molar-refractivity contribution in [1.82, 2.24) is 19.5 Å². The molecule has 0 amide bonds. The van der Waals surface area contributed by atoms with Crippen molar-refractivity contribution in [2.75, 3.05) is 0 Å². The van der Waals surface area contributed by atoms with Crippen LogP contribution in [0.1, 0.15) is 113 Å². The average molecular weight is 938 g/mol. The normalized spacial score (nSPS) is 13.0. The molecule has 4 heterocycles. The van der Waals surface area contributed by atoms with Gasteiger partial charge in [-0.3, -0.25) is 14.4 Å². The fourth-order valence-electron chi connectivity index (χ4n) is 7.22. The molecule has 1 radical (unpaired) electrons. The SMILES string of the molecule is CC(C)c1cccc(C(C)C)c1-n1c(-c2[c-]ccc3c2oc2ccccc23)nc2c(C(C)(C)C)nccc21.[2H]C([2H])([2H])c1c[c-]c(-c2ccc(C(C)(C)C)cn2)c(F)c1.[Ir]. The molecule has 295 valence electrons. The van der Waals surface area contributed by atoms with E-state index < -0.39 is 12.7 Å². The van der Waals surface area contributed by atoms with Crippen molar-refractivity contribution in [2.24, 2.45) is 0 Å². The first-order valence-electron chi connectivity index (χ1n) is 20.8. The molecule has 7 heteroatoms. The number of rotatable bonds is 5. The number of hydrogen-bond donors (Lipinski definition) is 0. The van der Waals surface area contributed by atoms with E-state index in [1.807, 2.05) is 30.5 Å². The van der Waals surface area contributed by atoms with Gasteiger partial charge in [0.1, 0.15) is 5.58 Å².